The molecule has 1 aliphatic heterocycles. The number of likely N-dealkylation sites (tertiary alicyclic amines) is 1. The molecule has 8 heteroatoms. The quantitative estimate of drug-likeness (QED) is 0.704. The number of hydrogen-bond donors (Lipinski definition) is 1. The predicted octanol–water partition coefficient (Wildman–Crippen LogP) is 3.73. The molecule has 1 saturated heterocycles. The SMILES string of the molecule is C=CS(=O)(=O)N[C@H]1CCCN(C(=O)OC(C)C)[C@H]1Cc1cccc(-c2ccccc2)n1. The van der Waals surface area contributed by atoms with Gasteiger partial charge in [-0.15, -0.1) is 0 Å². The van der Waals surface area contributed by atoms with Crippen LogP contribution in [0.3, 0.4) is 0 Å². The van der Waals surface area contributed by atoms with Crippen molar-refractivity contribution >= 4 is 16.1 Å². The summed E-state index contributed by atoms with van der Waals surface area (Å²) in [5.74, 6) is 0. The fourth-order valence-electron chi connectivity index (χ4n) is 3.78. The summed E-state index contributed by atoms with van der Waals surface area (Å²) in [6.07, 6.45) is 0.977. The van der Waals surface area contributed by atoms with E-state index in [9.17, 15) is 13.2 Å². The van der Waals surface area contributed by atoms with Crippen LogP contribution in [0.5, 0.6) is 0 Å². The molecule has 1 aliphatic rings. The Morgan fingerprint density at radius 1 is 1.26 bits per heavy atom. The maximum absolute atomic E-state index is 12.8. The molecule has 0 spiro atoms. The Bertz CT molecular complexity index is 1010. The van der Waals surface area contributed by atoms with Gasteiger partial charge in [-0.05, 0) is 38.8 Å². The summed E-state index contributed by atoms with van der Waals surface area (Å²) in [7, 11) is -3.65. The Kier molecular flexibility index (Phi) is 7.46. The van der Waals surface area contributed by atoms with Gasteiger partial charge in [-0.2, -0.15) is 0 Å². The van der Waals surface area contributed by atoms with Crippen LogP contribution in [0.1, 0.15) is 32.4 Å². The molecule has 166 valence electrons. The number of benzene rings is 1. The summed E-state index contributed by atoms with van der Waals surface area (Å²) in [6.45, 7) is 7.46. The molecule has 3 rings (SSSR count). The molecular weight excluding hydrogens is 414 g/mol. The Morgan fingerprint density at radius 2 is 2.00 bits per heavy atom. The number of amides is 1. The van der Waals surface area contributed by atoms with Crippen LogP contribution in [-0.4, -0.2) is 49.1 Å². The van der Waals surface area contributed by atoms with Crippen molar-refractivity contribution in [1.82, 2.24) is 14.6 Å². The molecule has 2 heterocycles. The first kappa shape index (κ1) is 23.0. The van der Waals surface area contributed by atoms with E-state index < -0.39 is 28.2 Å². The Morgan fingerprint density at radius 3 is 2.68 bits per heavy atom. The highest BCUT2D eigenvalue weighted by Crippen LogP contribution is 2.24. The summed E-state index contributed by atoms with van der Waals surface area (Å²) in [4.78, 5) is 19.2. The van der Waals surface area contributed by atoms with Crippen LogP contribution in [0, 0.1) is 0 Å². The van der Waals surface area contributed by atoms with Crippen molar-refractivity contribution in [2.75, 3.05) is 6.54 Å². The van der Waals surface area contributed by atoms with E-state index >= 15 is 0 Å². The number of sulfonamides is 1. The minimum atomic E-state index is -3.65. The molecule has 1 aromatic carbocycles. The van der Waals surface area contributed by atoms with Gasteiger partial charge in [-0.25, -0.2) is 17.9 Å². The number of hydrogen-bond acceptors (Lipinski definition) is 5. The highest BCUT2D eigenvalue weighted by atomic mass is 32.2. The first-order valence-electron chi connectivity index (χ1n) is 10.4. The number of piperidine rings is 1. The van der Waals surface area contributed by atoms with Gasteiger partial charge in [0.2, 0.25) is 10.0 Å². The molecule has 1 amide bonds. The Balaban J connectivity index is 1.91. The average molecular weight is 444 g/mol. The van der Waals surface area contributed by atoms with Crippen molar-refractivity contribution in [1.29, 1.82) is 0 Å². The largest absolute Gasteiger partial charge is 0.447 e. The van der Waals surface area contributed by atoms with Gasteiger partial charge in [0, 0.05) is 35.7 Å². The lowest BCUT2D eigenvalue weighted by atomic mass is 9.93. The Labute approximate surface area is 184 Å². The van der Waals surface area contributed by atoms with Crippen molar-refractivity contribution in [2.45, 2.75) is 51.3 Å². The molecule has 0 unspecified atom stereocenters. The number of nitrogens with zero attached hydrogens (tertiary/aromatic N) is 2. The van der Waals surface area contributed by atoms with Gasteiger partial charge in [-0.1, -0.05) is 43.0 Å². The summed E-state index contributed by atoms with van der Waals surface area (Å²) in [6, 6.07) is 14.7. The summed E-state index contributed by atoms with van der Waals surface area (Å²) < 4.78 is 32.5. The minimum Gasteiger partial charge on any atom is -0.447 e. The topological polar surface area (TPSA) is 88.6 Å². The van der Waals surface area contributed by atoms with E-state index in [1.165, 1.54) is 0 Å². The number of carbonyl (C=O) groups is 1. The number of ether oxygens (including phenoxy) is 1. The third-order valence-electron chi connectivity index (χ3n) is 5.18. The fourth-order valence-corrected chi connectivity index (χ4v) is 4.57. The van der Waals surface area contributed by atoms with E-state index in [1.807, 2.05) is 48.5 Å². The number of carbonyl (C=O) groups excluding carboxylic acids is 1. The van der Waals surface area contributed by atoms with E-state index in [1.54, 1.807) is 18.7 Å². The van der Waals surface area contributed by atoms with E-state index in [-0.39, 0.29) is 6.10 Å². The first-order valence-corrected chi connectivity index (χ1v) is 12.0. The molecular formula is C23H29N3O4S. The van der Waals surface area contributed by atoms with Gasteiger partial charge in [-0.3, -0.25) is 4.98 Å². The summed E-state index contributed by atoms with van der Waals surface area (Å²) in [5.41, 5.74) is 2.60. The van der Waals surface area contributed by atoms with Crippen LogP contribution in [0.4, 0.5) is 4.79 Å². The number of pyridine rings is 1. The fraction of sp³-hybridized carbons (Fsp3) is 0.391. The van der Waals surface area contributed by atoms with Crippen LogP contribution in [0.15, 0.2) is 60.5 Å². The number of rotatable bonds is 7. The van der Waals surface area contributed by atoms with E-state index in [2.05, 4.69) is 11.3 Å². The molecule has 2 atom stereocenters. The number of nitrogens with one attached hydrogen (secondary N) is 1. The zero-order valence-electron chi connectivity index (χ0n) is 17.9. The average Bonchev–Trinajstić information content (AvgIpc) is 2.75. The Hall–Kier alpha value is -2.71. The molecule has 0 saturated carbocycles. The third kappa shape index (κ3) is 6.15. The van der Waals surface area contributed by atoms with Crippen molar-refractivity contribution in [3.8, 4) is 11.3 Å². The van der Waals surface area contributed by atoms with Crippen molar-refractivity contribution < 1.29 is 17.9 Å². The van der Waals surface area contributed by atoms with Crippen molar-refractivity contribution in [3.05, 3.63) is 66.2 Å². The highest BCUT2D eigenvalue weighted by molar-refractivity contribution is 7.92. The molecule has 1 fully saturated rings. The lowest BCUT2D eigenvalue weighted by Crippen LogP contribution is -2.58. The molecule has 31 heavy (non-hydrogen) atoms. The van der Waals surface area contributed by atoms with E-state index in [0.29, 0.717) is 25.8 Å². The second-order valence-electron chi connectivity index (χ2n) is 7.86. The van der Waals surface area contributed by atoms with Gasteiger partial charge >= 0.3 is 6.09 Å². The molecule has 7 nitrogen and oxygen atoms in total. The summed E-state index contributed by atoms with van der Waals surface area (Å²) in [5, 5.41) is 0.893. The van der Waals surface area contributed by atoms with Crippen molar-refractivity contribution in [3.63, 3.8) is 0 Å². The third-order valence-corrected chi connectivity index (χ3v) is 6.25. The van der Waals surface area contributed by atoms with E-state index in [0.717, 1.165) is 22.4 Å². The van der Waals surface area contributed by atoms with Gasteiger partial charge in [0.1, 0.15) is 0 Å². The van der Waals surface area contributed by atoms with Crippen LogP contribution >= 0.6 is 0 Å². The van der Waals surface area contributed by atoms with Crippen LogP contribution in [0.25, 0.3) is 11.3 Å². The van der Waals surface area contributed by atoms with Gasteiger partial charge in [0.05, 0.1) is 17.8 Å². The zero-order chi connectivity index (χ0) is 22.4. The molecule has 1 aromatic heterocycles. The van der Waals surface area contributed by atoms with Gasteiger partial charge < -0.3 is 9.64 Å². The van der Waals surface area contributed by atoms with Gasteiger partial charge in [0.25, 0.3) is 0 Å². The standard InChI is InChI=1S/C23H29N3O4S/c1-4-31(28,29)25-21-14-9-15-26(23(27)30-17(2)3)22(21)16-19-12-8-13-20(24-19)18-10-6-5-7-11-18/h4-8,10-13,17,21-22,25H,1,9,14-16H2,2-3H3/t21-,22-/m0/s1. The first-order chi connectivity index (χ1) is 14.8. The van der Waals surface area contributed by atoms with Crippen LogP contribution in [-0.2, 0) is 21.2 Å². The normalized spacial score (nSPS) is 19.3. The zero-order valence-corrected chi connectivity index (χ0v) is 18.7. The monoisotopic (exact) mass is 443 g/mol. The maximum atomic E-state index is 12.8. The molecule has 0 bridgehead atoms. The van der Waals surface area contributed by atoms with Gasteiger partial charge in [0.15, 0.2) is 0 Å². The molecule has 1 N–H and O–H groups in total. The molecule has 0 aliphatic carbocycles. The second kappa shape index (κ2) is 10.1. The highest BCUT2D eigenvalue weighted by Gasteiger charge is 2.37. The van der Waals surface area contributed by atoms with Crippen molar-refractivity contribution in [2.24, 2.45) is 0 Å². The van der Waals surface area contributed by atoms with Crippen LogP contribution < -0.4 is 4.72 Å². The molecule has 2 aromatic rings. The molecule has 0 radical (unpaired) electrons. The van der Waals surface area contributed by atoms with Crippen LogP contribution in [0.2, 0.25) is 0 Å². The maximum Gasteiger partial charge on any atom is 0.410 e. The lowest BCUT2D eigenvalue weighted by molar-refractivity contribution is 0.0459. The summed E-state index contributed by atoms with van der Waals surface area (Å²) >= 11 is 0. The number of aromatic nitrogens is 1. The van der Waals surface area contributed by atoms with E-state index in [4.69, 9.17) is 9.72 Å². The minimum absolute atomic E-state index is 0.266. The smallest absolute Gasteiger partial charge is 0.410 e. The predicted molar refractivity (Wildman–Crippen MR) is 121 cm³/mol. The second-order valence-corrected chi connectivity index (χ2v) is 9.51. The lowest BCUT2D eigenvalue weighted by Gasteiger charge is -2.40.